The molecular weight excluding hydrogens is 223 g/mol. The fourth-order valence-corrected chi connectivity index (χ4v) is 1.82. The molecule has 0 aromatic carbocycles. The normalized spacial score (nSPS) is 17.8. The summed E-state index contributed by atoms with van der Waals surface area (Å²) in [5, 5.41) is -0.524. The summed E-state index contributed by atoms with van der Waals surface area (Å²) in [5.74, 6) is -0.798. The number of halogens is 2. The van der Waals surface area contributed by atoms with E-state index in [1.54, 1.807) is 6.92 Å². The van der Waals surface area contributed by atoms with Gasteiger partial charge in [-0.3, -0.25) is 14.3 Å². The lowest BCUT2D eigenvalue weighted by atomic mass is 10.2. The average molecular weight is 233 g/mol. The van der Waals surface area contributed by atoms with E-state index in [-0.39, 0.29) is 6.04 Å². The van der Waals surface area contributed by atoms with E-state index in [0.29, 0.717) is 5.92 Å². The smallest absolute Gasteiger partial charge is 0.295 e. The van der Waals surface area contributed by atoms with Crippen LogP contribution in [0.15, 0.2) is 9.59 Å². The van der Waals surface area contributed by atoms with Gasteiger partial charge >= 0.3 is 5.69 Å². The number of aromatic nitrogens is 2. The highest BCUT2D eigenvalue weighted by Gasteiger charge is 2.31. The van der Waals surface area contributed by atoms with Gasteiger partial charge in [-0.25, -0.2) is 4.79 Å². The van der Waals surface area contributed by atoms with Crippen molar-refractivity contribution < 1.29 is 4.39 Å². The van der Waals surface area contributed by atoms with Crippen molar-refractivity contribution in [2.45, 2.75) is 25.8 Å². The van der Waals surface area contributed by atoms with Gasteiger partial charge in [0.05, 0.1) is 0 Å². The summed E-state index contributed by atoms with van der Waals surface area (Å²) in [5.41, 5.74) is -1.59. The molecule has 1 aliphatic carbocycles. The van der Waals surface area contributed by atoms with E-state index in [1.807, 2.05) is 0 Å². The van der Waals surface area contributed by atoms with E-state index in [1.165, 1.54) is 0 Å². The summed E-state index contributed by atoms with van der Waals surface area (Å²) in [6.45, 7) is 1.74. The zero-order valence-corrected chi connectivity index (χ0v) is 8.84. The lowest BCUT2D eigenvalue weighted by Crippen LogP contribution is -2.39. The molecule has 1 aliphatic rings. The molecule has 15 heavy (non-hydrogen) atoms. The Morgan fingerprint density at radius 2 is 2.13 bits per heavy atom. The van der Waals surface area contributed by atoms with Crippen molar-refractivity contribution in [3.05, 3.63) is 31.8 Å². The van der Waals surface area contributed by atoms with Crippen molar-refractivity contribution in [3.63, 3.8) is 0 Å². The average Bonchev–Trinajstić information content (AvgIpc) is 2.97. The molecule has 0 saturated heterocycles. The molecule has 1 fully saturated rings. The minimum atomic E-state index is -1.09. The monoisotopic (exact) mass is 232 g/mol. The van der Waals surface area contributed by atoms with Crippen LogP contribution in [0.1, 0.15) is 25.8 Å². The molecule has 6 heteroatoms. The first-order valence-electron chi connectivity index (χ1n) is 4.72. The summed E-state index contributed by atoms with van der Waals surface area (Å²) in [6, 6.07) is -0.270. The van der Waals surface area contributed by atoms with Crippen molar-refractivity contribution in [2.24, 2.45) is 5.92 Å². The van der Waals surface area contributed by atoms with E-state index in [2.05, 4.69) is 4.98 Å². The van der Waals surface area contributed by atoms with Crippen LogP contribution in [0, 0.1) is 11.7 Å². The van der Waals surface area contributed by atoms with Crippen LogP contribution in [0.4, 0.5) is 4.39 Å². The first kappa shape index (κ1) is 10.4. The molecule has 1 atom stereocenters. The second-order valence-electron chi connectivity index (χ2n) is 3.81. The highest BCUT2D eigenvalue weighted by atomic mass is 35.5. The second-order valence-corrected chi connectivity index (χ2v) is 4.19. The number of aromatic amines is 1. The maximum absolute atomic E-state index is 13.2. The van der Waals surface area contributed by atoms with Crippen molar-refractivity contribution in [2.75, 3.05) is 0 Å². The summed E-state index contributed by atoms with van der Waals surface area (Å²) >= 11 is 5.35. The molecule has 0 radical (unpaired) electrons. The maximum Gasteiger partial charge on any atom is 0.329 e. The Balaban J connectivity index is 2.60. The largest absolute Gasteiger partial charge is 0.329 e. The molecule has 1 heterocycles. The molecule has 0 amide bonds. The molecule has 1 aromatic rings. The summed E-state index contributed by atoms with van der Waals surface area (Å²) < 4.78 is 14.1. The van der Waals surface area contributed by atoms with Gasteiger partial charge in [-0.1, -0.05) is 11.6 Å². The third kappa shape index (κ3) is 1.71. The molecule has 1 unspecified atom stereocenters. The third-order valence-electron chi connectivity index (χ3n) is 2.75. The highest BCUT2D eigenvalue weighted by molar-refractivity contribution is 6.29. The van der Waals surface area contributed by atoms with Crippen LogP contribution >= 0.6 is 11.6 Å². The minimum absolute atomic E-state index is 0.270. The SMILES string of the molecule is CC(C1CC1)n1c(=O)[nH]c(Cl)c(F)c1=O. The predicted octanol–water partition coefficient (Wildman–Crippen LogP) is 1.30. The van der Waals surface area contributed by atoms with Gasteiger partial charge in [-0.2, -0.15) is 4.39 Å². The number of nitrogens with zero attached hydrogens (tertiary/aromatic N) is 1. The van der Waals surface area contributed by atoms with Crippen LogP contribution in [-0.4, -0.2) is 9.55 Å². The topological polar surface area (TPSA) is 54.9 Å². The van der Waals surface area contributed by atoms with E-state index >= 15 is 0 Å². The van der Waals surface area contributed by atoms with Gasteiger partial charge in [-0.05, 0) is 25.7 Å². The second kappa shape index (κ2) is 3.48. The molecule has 1 saturated carbocycles. The highest BCUT2D eigenvalue weighted by Crippen LogP contribution is 2.38. The Bertz CT molecular complexity index is 504. The van der Waals surface area contributed by atoms with Crippen LogP contribution in [-0.2, 0) is 0 Å². The van der Waals surface area contributed by atoms with Gasteiger partial charge in [0, 0.05) is 6.04 Å². The molecule has 1 N–H and O–H groups in total. The van der Waals surface area contributed by atoms with Crippen LogP contribution in [0.5, 0.6) is 0 Å². The lowest BCUT2D eigenvalue weighted by Gasteiger charge is -2.12. The summed E-state index contributed by atoms with van der Waals surface area (Å²) in [4.78, 5) is 25.0. The Kier molecular flexibility index (Phi) is 2.42. The maximum atomic E-state index is 13.2. The van der Waals surface area contributed by atoms with Crippen LogP contribution in [0.2, 0.25) is 5.15 Å². The summed E-state index contributed by atoms with van der Waals surface area (Å²) in [6.07, 6.45) is 1.94. The van der Waals surface area contributed by atoms with Gasteiger partial charge in [-0.15, -0.1) is 0 Å². The van der Waals surface area contributed by atoms with Crippen LogP contribution < -0.4 is 11.2 Å². The number of rotatable bonds is 2. The molecule has 4 nitrogen and oxygen atoms in total. The van der Waals surface area contributed by atoms with Crippen molar-refractivity contribution in [1.82, 2.24) is 9.55 Å². The Morgan fingerprint density at radius 3 is 2.67 bits per heavy atom. The van der Waals surface area contributed by atoms with Gasteiger partial charge in [0.1, 0.15) is 0 Å². The number of hydrogen-bond donors (Lipinski definition) is 1. The zero-order valence-electron chi connectivity index (χ0n) is 8.09. The fraction of sp³-hybridized carbons (Fsp3) is 0.556. The van der Waals surface area contributed by atoms with Crippen molar-refractivity contribution in [1.29, 1.82) is 0 Å². The Labute approximate surface area is 89.7 Å². The molecule has 0 spiro atoms. The summed E-state index contributed by atoms with van der Waals surface area (Å²) in [7, 11) is 0. The first-order chi connectivity index (χ1) is 7.02. The predicted molar refractivity (Wildman–Crippen MR) is 53.7 cm³/mol. The van der Waals surface area contributed by atoms with Gasteiger partial charge in [0.15, 0.2) is 5.15 Å². The third-order valence-corrected chi connectivity index (χ3v) is 3.01. The molecule has 2 rings (SSSR count). The molecule has 0 aliphatic heterocycles. The molecule has 0 bridgehead atoms. The molecular formula is C9H10ClFN2O2. The quantitative estimate of drug-likeness (QED) is 0.782. The van der Waals surface area contributed by atoms with Crippen molar-refractivity contribution in [3.8, 4) is 0 Å². The van der Waals surface area contributed by atoms with Crippen LogP contribution in [0.3, 0.4) is 0 Å². The fourth-order valence-electron chi connectivity index (χ4n) is 1.66. The standard InChI is InChI=1S/C9H10ClFN2O2/c1-4(5-2-3-5)13-8(14)6(11)7(10)12-9(13)15/h4-5H,2-3H2,1H3,(H,12,15). The van der Waals surface area contributed by atoms with E-state index < -0.39 is 22.2 Å². The van der Waals surface area contributed by atoms with E-state index in [0.717, 1.165) is 17.4 Å². The number of nitrogens with one attached hydrogen (secondary N) is 1. The van der Waals surface area contributed by atoms with E-state index in [4.69, 9.17) is 11.6 Å². The van der Waals surface area contributed by atoms with Crippen LogP contribution in [0.25, 0.3) is 0 Å². The molecule has 1 aromatic heterocycles. The number of hydrogen-bond acceptors (Lipinski definition) is 2. The Hall–Kier alpha value is -1.10. The molecule has 82 valence electrons. The minimum Gasteiger partial charge on any atom is -0.295 e. The Morgan fingerprint density at radius 1 is 1.53 bits per heavy atom. The zero-order chi connectivity index (χ0) is 11.2. The van der Waals surface area contributed by atoms with Gasteiger partial charge in [0.2, 0.25) is 5.82 Å². The van der Waals surface area contributed by atoms with Gasteiger partial charge < -0.3 is 0 Å². The van der Waals surface area contributed by atoms with Gasteiger partial charge in [0.25, 0.3) is 5.56 Å². The van der Waals surface area contributed by atoms with Crippen molar-refractivity contribution >= 4 is 11.6 Å². The number of H-pyrrole nitrogens is 1. The van der Waals surface area contributed by atoms with E-state index in [9.17, 15) is 14.0 Å². The first-order valence-corrected chi connectivity index (χ1v) is 5.10. The lowest BCUT2D eigenvalue weighted by molar-refractivity contribution is 0.430.